The third kappa shape index (κ3) is 4.99. The first kappa shape index (κ1) is 13.7. The van der Waals surface area contributed by atoms with Crippen molar-refractivity contribution in [1.29, 1.82) is 0 Å². The van der Waals surface area contributed by atoms with Gasteiger partial charge in [-0.2, -0.15) is 0 Å². The van der Waals surface area contributed by atoms with E-state index in [-0.39, 0.29) is 0 Å². The zero-order chi connectivity index (χ0) is 12.7. The fourth-order valence-corrected chi connectivity index (χ4v) is 1.36. The van der Waals surface area contributed by atoms with Crippen molar-refractivity contribution in [3.8, 4) is 0 Å². The third-order valence-electron chi connectivity index (χ3n) is 2.43. The van der Waals surface area contributed by atoms with Gasteiger partial charge >= 0.3 is 0 Å². The molecule has 4 N–H and O–H groups in total. The minimum absolute atomic E-state index is 0.442. The number of nitrogens with zero attached hydrogens (tertiary/aromatic N) is 2. The van der Waals surface area contributed by atoms with Crippen LogP contribution in [0.2, 0.25) is 0 Å². The quantitative estimate of drug-likeness (QED) is 0.672. The summed E-state index contributed by atoms with van der Waals surface area (Å²) >= 11 is 0. The van der Waals surface area contributed by atoms with Crippen molar-refractivity contribution >= 4 is 11.6 Å². The van der Waals surface area contributed by atoms with E-state index in [0.29, 0.717) is 12.5 Å². The Labute approximate surface area is 103 Å². The van der Waals surface area contributed by atoms with Crippen LogP contribution in [-0.4, -0.2) is 29.6 Å². The highest BCUT2D eigenvalue weighted by Gasteiger charge is 2.03. The Kier molecular flexibility index (Phi) is 5.69. The molecule has 0 aliphatic rings. The molecule has 0 aromatic carbocycles. The second-order valence-corrected chi connectivity index (χ2v) is 4.33. The molecule has 1 atom stereocenters. The maximum atomic E-state index is 5.58. The van der Waals surface area contributed by atoms with E-state index in [1.54, 1.807) is 0 Å². The Morgan fingerprint density at radius 1 is 1.29 bits per heavy atom. The predicted octanol–water partition coefficient (Wildman–Crippen LogP) is 1.61. The van der Waals surface area contributed by atoms with E-state index in [1.807, 2.05) is 13.0 Å². The summed E-state index contributed by atoms with van der Waals surface area (Å²) < 4.78 is 0. The average molecular weight is 237 g/mol. The second-order valence-electron chi connectivity index (χ2n) is 4.33. The van der Waals surface area contributed by atoms with Gasteiger partial charge in [-0.1, -0.05) is 13.8 Å². The van der Waals surface area contributed by atoms with Crippen molar-refractivity contribution in [2.45, 2.75) is 27.2 Å². The van der Waals surface area contributed by atoms with Crippen LogP contribution in [0.1, 0.15) is 26.1 Å². The maximum Gasteiger partial charge on any atom is 0.131 e. The fourth-order valence-electron chi connectivity index (χ4n) is 1.36. The van der Waals surface area contributed by atoms with Crippen LogP contribution in [-0.2, 0) is 0 Å². The molecule has 0 spiro atoms. The van der Waals surface area contributed by atoms with Gasteiger partial charge in [0.25, 0.3) is 0 Å². The molecule has 0 aliphatic carbocycles. The summed E-state index contributed by atoms with van der Waals surface area (Å²) in [6.45, 7) is 8.57. The number of nitrogens with one attached hydrogen (secondary N) is 2. The van der Waals surface area contributed by atoms with Gasteiger partial charge in [-0.25, -0.2) is 9.97 Å². The van der Waals surface area contributed by atoms with Gasteiger partial charge in [0.05, 0.1) is 0 Å². The van der Waals surface area contributed by atoms with Gasteiger partial charge in [0, 0.05) is 19.2 Å². The van der Waals surface area contributed by atoms with Crippen molar-refractivity contribution < 1.29 is 0 Å². The number of hydrogen-bond donors (Lipinski definition) is 3. The van der Waals surface area contributed by atoms with Gasteiger partial charge in [-0.3, -0.25) is 0 Å². The number of rotatable bonds is 7. The van der Waals surface area contributed by atoms with Crippen molar-refractivity contribution in [3.63, 3.8) is 0 Å². The number of hydrogen-bond acceptors (Lipinski definition) is 5. The van der Waals surface area contributed by atoms with Crippen LogP contribution in [0.3, 0.4) is 0 Å². The zero-order valence-corrected chi connectivity index (χ0v) is 11.0. The summed E-state index contributed by atoms with van der Waals surface area (Å²) in [5.74, 6) is 2.95. The van der Waals surface area contributed by atoms with E-state index < -0.39 is 0 Å². The minimum atomic E-state index is 0.442. The largest absolute Gasteiger partial charge is 0.370 e. The Morgan fingerprint density at radius 2 is 1.94 bits per heavy atom. The van der Waals surface area contributed by atoms with E-state index in [1.165, 1.54) is 0 Å². The van der Waals surface area contributed by atoms with Crippen LogP contribution in [0, 0.1) is 12.8 Å². The Hall–Kier alpha value is -1.36. The molecule has 5 heteroatoms. The van der Waals surface area contributed by atoms with E-state index in [9.17, 15) is 0 Å². The molecule has 0 saturated carbocycles. The topological polar surface area (TPSA) is 75.9 Å². The molecule has 5 nitrogen and oxygen atoms in total. The summed E-state index contributed by atoms with van der Waals surface area (Å²) in [4.78, 5) is 8.68. The molecule has 0 radical (unpaired) electrons. The van der Waals surface area contributed by atoms with Gasteiger partial charge in [0.1, 0.15) is 17.5 Å². The van der Waals surface area contributed by atoms with Crippen LogP contribution < -0.4 is 16.4 Å². The molecule has 0 aliphatic heterocycles. The molecule has 1 aromatic heterocycles. The average Bonchev–Trinajstić information content (AvgIpc) is 2.32. The highest BCUT2D eigenvalue weighted by Crippen LogP contribution is 2.11. The Bertz CT molecular complexity index is 340. The Morgan fingerprint density at radius 3 is 2.53 bits per heavy atom. The van der Waals surface area contributed by atoms with Gasteiger partial charge in [0.2, 0.25) is 0 Å². The zero-order valence-electron chi connectivity index (χ0n) is 11.0. The molecule has 0 bridgehead atoms. The predicted molar refractivity (Wildman–Crippen MR) is 72.3 cm³/mol. The lowest BCUT2D eigenvalue weighted by Gasteiger charge is -2.12. The second kappa shape index (κ2) is 7.06. The summed E-state index contributed by atoms with van der Waals surface area (Å²) in [6.07, 6.45) is 1.08. The summed E-state index contributed by atoms with van der Waals surface area (Å²) in [5, 5.41) is 6.54. The standard InChI is InChI=1S/C12H23N5/c1-4-5-14-11-6-12(17-10(3)16-11)15-8-9(2)7-13/h6,9H,4-5,7-8,13H2,1-3H3,(H2,14,15,16,17). The van der Waals surface area contributed by atoms with Crippen LogP contribution >= 0.6 is 0 Å². The van der Waals surface area contributed by atoms with E-state index in [2.05, 4.69) is 34.4 Å². The molecule has 0 fully saturated rings. The first-order chi connectivity index (χ1) is 8.15. The first-order valence-corrected chi connectivity index (χ1v) is 6.19. The highest BCUT2D eigenvalue weighted by atomic mass is 15.1. The van der Waals surface area contributed by atoms with Crippen LogP contribution in [0.15, 0.2) is 6.07 Å². The fraction of sp³-hybridized carbons (Fsp3) is 0.667. The lowest BCUT2D eigenvalue weighted by molar-refractivity contribution is 0.626. The lowest BCUT2D eigenvalue weighted by atomic mass is 10.2. The number of aromatic nitrogens is 2. The lowest BCUT2D eigenvalue weighted by Crippen LogP contribution is -2.20. The molecule has 1 heterocycles. The number of nitrogens with two attached hydrogens (primary N) is 1. The van der Waals surface area contributed by atoms with Gasteiger partial charge in [-0.15, -0.1) is 0 Å². The molecular weight excluding hydrogens is 214 g/mol. The summed E-state index contributed by atoms with van der Waals surface area (Å²) in [7, 11) is 0. The van der Waals surface area contributed by atoms with E-state index in [0.717, 1.165) is 37.0 Å². The minimum Gasteiger partial charge on any atom is -0.370 e. The summed E-state index contributed by atoms with van der Waals surface area (Å²) in [6, 6.07) is 1.94. The SMILES string of the molecule is CCCNc1cc(NCC(C)CN)nc(C)n1. The maximum absolute atomic E-state index is 5.58. The van der Waals surface area contributed by atoms with Gasteiger partial charge in [-0.05, 0) is 25.8 Å². The molecular formula is C12H23N5. The monoisotopic (exact) mass is 237 g/mol. The van der Waals surface area contributed by atoms with Crippen LogP contribution in [0.4, 0.5) is 11.6 Å². The van der Waals surface area contributed by atoms with Crippen molar-refractivity contribution in [2.24, 2.45) is 11.7 Å². The number of aryl methyl sites for hydroxylation is 1. The molecule has 0 amide bonds. The van der Waals surface area contributed by atoms with Gasteiger partial charge < -0.3 is 16.4 Å². The Balaban J connectivity index is 2.61. The highest BCUT2D eigenvalue weighted by molar-refractivity contribution is 5.47. The molecule has 1 rings (SSSR count). The molecule has 1 unspecified atom stereocenters. The number of anilines is 2. The molecule has 1 aromatic rings. The molecule has 0 saturated heterocycles. The van der Waals surface area contributed by atoms with Crippen LogP contribution in [0.5, 0.6) is 0 Å². The molecule has 17 heavy (non-hydrogen) atoms. The smallest absolute Gasteiger partial charge is 0.131 e. The normalized spacial score (nSPS) is 12.2. The molecule has 96 valence electrons. The van der Waals surface area contributed by atoms with Crippen LogP contribution in [0.25, 0.3) is 0 Å². The van der Waals surface area contributed by atoms with Crippen molar-refractivity contribution in [2.75, 3.05) is 30.3 Å². The van der Waals surface area contributed by atoms with E-state index >= 15 is 0 Å². The van der Waals surface area contributed by atoms with Crippen molar-refractivity contribution in [3.05, 3.63) is 11.9 Å². The third-order valence-corrected chi connectivity index (χ3v) is 2.43. The van der Waals surface area contributed by atoms with Gasteiger partial charge in [0.15, 0.2) is 0 Å². The first-order valence-electron chi connectivity index (χ1n) is 6.19. The van der Waals surface area contributed by atoms with E-state index in [4.69, 9.17) is 5.73 Å². The summed E-state index contributed by atoms with van der Waals surface area (Å²) in [5.41, 5.74) is 5.58. The van der Waals surface area contributed by atoms with Crippen molar-refractivity contribution in [1.82, 2.24) is 9.97 Å².